The van der Waals surface area contributed by atoms with Crippen molar-refractivity contribution in [3.8, 4) is 11.5 Å². The van der Waals surface area contributed by atoms with E-state index in [1.807, 2.05) is 0 Å². The molecule has 0 fully saturated rings. The SMILES string of the molecule is COc1cc2c(cc1OC)C(O)NC(C(=O)O)=C2c1ccncc1. The lowest BCUT2D eigenvalue weighted by atomic mass is 9.88. The predicted octanol–water partition coefficient (Wildman–Crippen LogP) is 1.54. The van der Waals surface area contributed by atoms with Crippen molar-refractivity contribution >= 4 is 11.5 Å². The van der Waals surface area contributed by atoms with Gasteiger partial charge in [0.15, 0.2) is 17.7 Å². The standard InChI is InChI=1S/C17H16N2O5/c1-23-12-7-10-11(8-13(12)24-2)16(20)19-15(17(21)22)14(10)9-3-5-18-6-4-9/h3-8,16,19-20H,1-2H3,(H,21,22). The second kappa shape index (κ2) is 6.21. The first kappa shape index (κ1) is 15.8. The van der Waals surface area contributed by atoms with Gasteiger partial charge in [0, 0.05) is 23.5 Å². The van der Waals surface area contributed by atoms with E-state index >= 15 is 0 Å². The fourth-order valence-electron chi connectivity index (χ4n) is 2.75. The Labute approximate surface area is 138 Å². The fraction of sp³-hybridized carbons (Fsp3) is 0.176. The molecule has 3 N–H and O–H groups in total. The summed E-state index contributed by atoms with van der Waals surface area (Å²) >= 11 is 0. The molecule has 24 heavy (non-hydrogen) atoms. The van der Waals surface area contributed by atoms with Gasteiger partial charge in [0.1, 0.15) is 5.70 Å². The summed E-state index contributed by atoms with van der Waals surface area (Å²) in [6.07, 6.45) is 1.98. The summed E-state index contributed by atoms with van der Waals surface area (Å²) in [4.78, 5) is 15.6. The van der Waals surface area contributed by atoms with Crippen LogP contribution in [0.4, 0.5) is 0 Å². The Morgan fingerprint density at radius 1 is 1.17 bits per heavy atom. The van der Waals surface area contributed by atoms with E-state index in [0.717, 1.165) is 0 Å². The third kappa shape index (κ3) is 2.55. The number of benzene rings is 1. The molecule has 1 atom stereocenters. The van der Waals surface area contributed by atoms with Crippen molar-refractivity contribution in [2.45, 2.75) is 6.23 Å². The number of rotatable bonds is 4. The van der Waals surface area contributed by atoms with E-state index < -0.39 is 12.2 Å². The van der Waals surface area contributed by atoms with Crippen LogP contribution in [0.3, 0.4) is 0 Å². The molecule has 0 spiro atoms. The van der Waals surface area contributed by atoms with Crippen LogP contribution in [0.15, 0.2) is 42.4 Å². The number of ether oxygens (including phenoxy) is 2. The topological polar surface area (TPSA) is 101 Å². The van der Waals surface area contributed by atoms with Crippen LogP contribution in [-0.4, -0.2) is 35.4 Å². The maximum Gasteiger partial charge on any atom is 0.352 e. The first-order valence-corrected chi connectivity index (χ1v) is 7.15. The lowest BCUT2D eigenvalue weighted by molar-refractivity contribution is -0.133. The van der Waals surface area contributed by atoms with Gasteiger partial charge in [-0.05, 0) is 35.4 Å². The molecule has 0 saturated carbocycles. The van der Waals surface area contributed by atoms with Crippen LogP contribution in [0.5, 0.6) is 11.5 Å². The number of hydrogen-bond donors (Lipinski definition) is 3. The van der Waals surface area contributed by atoms with E-state index in [2.05, 4.69) is 10.3 Å². The number of nitrogens with zero attached hydrogens (tertiary/aromatic N) is 1. The molecule has 0 radical (unpaired) electrons. The van der Waals surface area contributed by atoms with Gasteiger partial charge in [-0.1, -0.05) is 0 Å². The summed E-state index contributed by atoms with van der Waals surface area (Å²) in [6.45, 7) is 0. The molecule has 0 amide bonds. The number of carboxylic acid groups (broad SMARTS) is 1. The van der Waals surface area contributed by atoms with Gasteiger partial charge in [0.25, 0.3) is 0 Å². The summed E-state index contributed by atoms with van der Waals surface area (Å²) in [5.41, 5.74) is 2.09. The summed E-state index contributed by atoms with van der Waals surface area (Å²) in [5, 5.41) is 22.5. The van der Waals surface area contributed by atoms with Gasteiger partial charge >= 0.3 is 5.97 Å². The van der Waals surface area contributed by atoms with Crippen LogP contribution in [-0.2, 0) is 4.79 Å². The Bertz CT molecular complexity index is 817. The second-order valence-electron chi connectivity index (χ2n) is 5.13. The van der Waals surface area contributed by atoms with E-state index in [1.54, 1.807) is 36.7 Å². The van der Waals surface area contributed by atoms with Crippen LogP contribution in [0.2, 0.25) is 0 Å². The molecule has 3 rings (SSSR count). The number of pyridine rings is 1. The van der Waals surface area contributed by atoms with Gasteiger partial charge < -0.3 is 25.0 Å². The van der Waals surface area contributed by atoms with Crippen LogP contribution >= 0.6 is 0 Å². The molecule has 1 aromatic heterocycles. The van der Waals surface area contributed by atoms with Crippen molar-refractivity contribution in [1.82, 2.24) is 10.3 Å². The molecule has 1 aliphatic rings. The Kier molecular flexibility index (Phi) is 4.09. The van der Waals surface area contributed by atoms with Crippen molar-refractivity contribution < 1.29 is 24.5 Å². The Balaban J connectivity index is 2.32. The third-order valence-electron chi connectivity index (χ3n) is 3.83. The molecular weight excluding hydrogens is 312 g/mol. The van der Waals surface area contributed by atoms with Gasteiger partial charge in [-0.25, -0.2) is 4.79 Å². The Morgan fingerprint density at radius 3 is 2.38 bits per heavy atom. The number of carbonyl (C=O) groups is 1. The molecule has 2 aromatic rings. The van der Waals surface area contributed by atoms with Gasteiger partial charge in [-0.3, -0.25) is 4.98 Å². The number of aromatic nitrogens is 1. The van der Waals surface area contributed by atoms with Crippen molar-refractivity contribution in [2.24, 2.45) is 0 Å². The molecule has 1 aromatic carbocycles. The highest BCUT2D eigenvalue weighted by Gasteiger charge is 2.30. The highest BCUT2D eigenvalue weighted by Crippen LogP contribution is 2.41. The molecule has 1 aliphatic heterocycles. The monoisotopic (exact) mass is 328 g/mol. The second-order valence-corrected chi connectivity index (χ2v) is 5.13. The zero-order valence-corrected chi connectivity index (χ0v) is 13.1. The summed E-state index contributed by atoms with van der Waals surface area (Å²) in [6, 6.07) is 6.71. The maximum absolute atomic E-state index is 11.7. The summed E-state index contributed by atoms with van der Waals surface area (Å²) < 4.78 is 10.6. The van der Waals surface area contributed by atoms with Crippen LogP contribution in [0, 0.1) is 0 Å². The number of aliphatic hydroxyl groups excluding tert-OH is 1. The highest BCUT2D eigenvalue weighted by atomic mass is 16.5. The molecular formula is C17H16N2O5. The van der Waals surface area contributed by atoms with Crippen LogP contribution in [0.1, 0.15) is 22.9 Å². The first-order valence-electron chi connectivity index (χ1n) is 7.15. The number of aliphatic hydroxyl groups is 1. The van der Waals surface area contributed by atoms with E-state index in [0.29, 0.717) is 33.8 Å². The molecule has 7 heteroatoms. The Hall–Kier alpha value is -3.06. The van der Waals surface area contributed by atoms with Crippen LogP contribution < -0.4 is 14.8 Å². The zero-order valence-electron chi connectivity index (χ0n) is 13.1. The fourth-order valence-corrected chi connectivity index (χ4v) is 2.75. The zero-order chi connectivity index (χ0) is 17.3. The lowest BCUT2D eigenvalue weighted by Crippen LogP contribution is -2.31. The number of aliphatic carboxylic acids is 1. The van der Waals surface area contributed by atoms with E-state index in [1.165, 1.54) is 14.2 Å². The Morgan fingerprint density at radius 2 is 1.79 bits per heavy atom. The van der Waals surface area contributed by atoms with Crippen molar-refractivity contribution in [2.75, 3.05) is 14.2 Å². The van der Waals surface area contributed by atoms with E-state index in [-0.39, 0.29) is 5.70 Å². The van der Waals surface area contributed by atoms with Crippen molar-refractivity contribution in [1.29, 1.82) is 0 Å². The van der Waals surface area contributed by atoms with Gasteiger partial charge in [-0.2, -0.15) is 0 Å². The first-order chi connectivity index (χ1) is 11.6. The number of nitrogens with one attached hydrogen (secondary N) is 1. The molecule has 0 aliphatic carbocycles. The minimum atomic E-state index is -1.17. The van der Waals surface area contributed by atoms with Gasteiger partial charge in [-0.15, -0.1) is 0 Å². The summed E-state index contributed by atoms with van der Waals surface area (Å²) in [5.74, 6) is -0.270. The molecule has 7 nitrogen and oxygen atoms in total. The largest absolute Gasteiger partial charge is 0.493 e. The number of hydrogen-bond acceptors (Lipinski definition) is 6. The smallest absolute Gasteiger partial charge is 0.352 e. The number of carboxylic acids is 1. The average Bonchev–Trinajstić information content (AvgIpc) is 2.61. The van der Waals surface area contributed by atoms with Crippen LogP contribution in [0.25, 0.3) is 5.57 Å². The summed E-state index contributed by atoms with van der Waals surface area (Å²) in [7, 11) is 2.99. The normalized spacial score (nSPS) is 16.2. The molecule has 124 valence electrons. The van der Waals surface area contributed by atoms with Crippen molar-refractivity contribution in [3.05, 3.63) is 59.0 Å². The minimum Gasteiger partial charge on any atom is -0.493 e. The molecule has 1 unspecified atom stereocenters. The quantitative estimate of drug-likeness (QED) is 0.782. The van der Waals surface area contributed by atoms with Gasteiger partial charge in [0.2, 0.25) is 0 Å². The van der Waals surface area contributed by atoms with Gasteiger partial charge in [0.05, 0.1) is 14.2 Å². The third-order valence-corrected chi connectivity index (χ3v) is 3.83. The average molecular weight is 328 g/mol. The molecule has 2 heterocycles. The van der Waals surface area contributed by atoms with Crippen molar-refractivity contribution in [3.63, 3.8) is 0 Å². The maximum atomic E-state index is 11.7. The minimum absolute atomic E-state index is 0.0894. The van der Waals surface area contributed by atoms with E-state index in [9.17, 15) is 15.0 Å². The molecule has 0 bridgehead atoms. The lowest BCUT2D eigenvalue weighted by Gasteiger charge is -2.28. The molecule has 0 saturated heterocycles. The van der Waals surface area contributed by atoms with E-state index in [4.69, 9.17) is 9.47 Å². The highest BCUT2D eigenvalue weighted by molar-refractivity contribution is 6.02. The number of methoxy groups -OCH3 is 2. The predicted molar refractivity (Wildman–Crippen MR) is 85.5 cm³/mol. The number of fused-ring (bicyclic) bond motifs is 1.